The van der Waals surface area contributed by atoms with Gasteiger partial charge in [-0.1, -0.05) is 12.1 Å². The van der Waals surface area contributed by atoms with Gasteiger partial charge in [0.15, 0.2) is 17.4 Å². The van der Waals surface area contributed by atoms with Crippen molar-refractivity contribution in [2.45, 2.75) is 0 Å². The fourth-order valence-electron chi connectivity index (χ4n) is 1.50. The highest BCUT2D eigenvalue weighted by molar-refractivity contribution is 5.65. The maximum Gasteiger partial charge on any atom is 0.179 e. The van der Waals surface area contributed by atoms with Gasteiger partial charge in [0.2, 0.25) is 0 Å². The Balaban J connectivity index is 2.49. The molecule has 2 aromatic rings. The number of rotatable bonds is 3. The molecule has 0 aliphatic heterocycles. The molecule has 0 amide bonds. The summed E-state index contributed by atoms with van der Waals surface area (Å²) in [6.07, 6.45) is 1.55. The Morgan fingerprint density at radius 2 is 1.76 bits per heavy atom. The van der Waals surface area contributed by atoms with Crippen molar-refractivity contribution in [2.24, 2.45) is 0 Å². The van der Waals surface area contributed by atoms with E-state index in [1.807, 2.05) is 24.3 Å². The summed E-state index contributed by atoms with van der Waals surface area (Å²) in [5.74, 6) is 1.99. The average Bonchev–Trinajstić information content (AvgIpc) is 2.38. The van der Waals surface area contributed by atoms with Crippen LogP contribution in [0.15, 0.2) is 30.5 Å². The van der Waals surface area contributed by atoms with Gasteiger partial charge >= 0.3 is 0 Å². The normalized spacial score (nSPS) is 10.0. The lowest BCUT2D eigenvalue weighted by molar-refractivity contribution is 0.412. The maximum absolute atomic E-state index is 5.74. The van der Waals surface area contributed by atoms with Crippen LogP contribution in [0.25, 0.3) is 11.4 Å². The number of nitrogen functional groups attached to an aromatic ring is 1. The molecule has 88 valence electrons. The molecular weight excluding hydrogens is 218 g/mol. The van der Waals surface area contributed by atoms with Crippen molar-refractivity contribution in [3.8, 4) is 22.9 Å². The predicted molar refractivity (Wildman–Crippen MR) is 65.0 cm³/mol. The van der Waals surface area contributed by atoms with E-state index in [-0.39, 0.29) is 0 Å². The van der Waals surface area contributed by atoms with Gasteiger partial charge in [-0.2, -0.15) is 0 Å². The largest absolute Gasteiger partial charge is 0.496 e. The molecule has 0 unspecified atom stereocenters. The average molecular weight is 231 g/mol. The summed E-state index contributed by atoms with van der Waals surface area (Å²) < 4.78 is 10.3. The lowest BCUT2D eigenvalue weighted by Crippen LogP contribution is -2.00. The molecule has 0 fully saturated rings. The first-order valence-electron chi connectivity index (χ1n) is 5.06. The number of anilines is 1. The Morgan fingerprint density at radius 1 is 1.06 bits per heavy atom. The van der Waals surface area contributed by atoms with Gasteiger partial charge < -0.3 is 15.2 Å². The zero-order chi connectivity index (χ0) is 12.3. The fourth-order valence-corrected chi connectivity index (χ4v) is 1.50. The summed E-state index contributed by atoms with van der Waals surface area (Å²) in [6.45, 7) is 0. The Kier molecular flexibility index (Phi) is 3.09. The molecule has 0 saturated carbocycles. The predicted octanol–water partition coefficient (Wildman–Crippen LogP) is 1.74. The van der Waals surface area contributed by atoms with E-state index < -0.39 is 0 Å². The summed E-state index contributed by atoms with van der Waals surface area (Å²) in [7, 11) is 3.13. The van der Waals surface area contributed by atoms with Crippen molar-refractivity contribution in [3.05, 3.63) is 30.5 Å². The molecule has 5 heteroatoms. The first-order chi connectivity index (χ1) is 8.26. The Hall–Kier alpha value is -2.30. The summed E-state index contributed by atoms with van der Waals surface area (Å²) in [4.78, 5) is 8.38. The van der Waals surface area contributed by atoms with Crippen molar-refractivity contribution < 1.29 is 9.47 Å². The lowest BCUT2D eigenvalue weighted by atomic mass is 10.2. The second-order valence-corrected chi connectivity index (χ2v) is 3.35. The molecule has 17 heavy (non-hydrogen) atoms. The number of ether oxygens (including phenoxy) is 2. The number of aromatic nitrogens is 2. The van der Waals surface area contributed by atoms with Gasteiger partial charge in [0, 0.05) is 0 Å². The molecule has 0 aliphatic rings. The van der Waals surface area contributed by atoms with E-state index in [1.54, 1.807) is 13.3 Å². The zero-order valence-corrected chi connectivity index (χ0v) is 9.68. The number of hydrogen-bond donors (Lipinski definition) is 1. The first kappa shape index (κ1) is 11.2. The lowest BCUT2D eigenvalue weighted by Gasteiger charge is -2.08. The number of benzene rings is 1. The van der Waals surface area contributed by atoms with Crippen molar-refractivity contribution in [1.82, 2.24) is 9.97 Å². The van der Waals surface area contributed by atoms with E-state index >= 15 is 0 Å². The minimum atomic E-state index is 0.309. The van der Waals surface area contributed by atoms with Crippen LogP contribution < -0.4 is 15.2 Å². The topological polar surface area (TPSA) is 70.3 Å². The number of hydrogen-bond acceptors (Lipinski definition) is 5. The quantitative estimate of drug-likeness (QED) is 0.871. The molecule has 0 aliphatic carbocycles. The maximum atomic E-state index is 5.74. The molecule has 5 nitrogen and oxygen atoms in total. The second-order valence-electron chi connectivity index (χ2n) is 3.35. The standard InChI is InChI=1S/C12H13N3O2/c1-16-9-6-4-3-5-8(9)12-14-7-10(17-2)11(13)15-12/h3-7H,1-2H3,(H2,13,14,15). The van der Waals surface area contributed by atoms with E-state index in [2.05, 4.69) is 9.97 Å². The van der Waals surface area contributed by atoms with E-state index in [4.69, 9.17) is 15.2 Å². The molecule has 0 spiro atoms. The van der Waals surface area contributed by atoms with Crippen molar-refractivity contribution >= 4 is 5.82 Å². The highest BCUT2D eigenvalue weighted by Gasteiger charge is 2.10. The Morgan fingerprint density at radius 3 is 2.41 bits per heavy atom. The van der Waals surface area contributed by atoms with Crippen molar-refractivity contribution in [1.29, 1.82) is 0 Å². The highest BCUT2D eigenvalue weighted by atomic mass is 16.5. The monoisotopic (exact) mass is 231 g/mol. The number of para-hydroxylation sites is 1. The minimum Gasteiger partial charge on any atom is -0.496 e. The van der Waals surface area contributed by atoms with Crippen LogP contribution >= 0.6 is 0 Å². The van der Waals surface area contributed by atoms with E-state index in [0.29, 0.717) is 23.1 Å². The van der Waals surface area contributed by atoms with Crippen molar-refractivity contribution in [3.63, 3.8) is 0 Å². The molecule has 2 N–H and O–H groups in total. The smallest absolute Gasteiger partial charge is 0.179 e. The zero-order valence-electron chi connectivity index (χ0n) is 9.68. The van der Waals surface area contributed by atoms with Crippen LogP contribution in [0, 0.1) is 0 Å². The van der Waals surface area contributed by atoms with Crippen LogP contribution in [0.4, 0.5) is 5.82 Å². The van der Waals surface area contributed by atoms with Gasteiger partial charge in [0.05, 0.1) is 26.0 Å². The number of nitrogens with two attached hydrogens (primary N) is 1. The number of nitrogens with zero attached hydrogens (tertiary/aromatic N) is 2. The summed E-state index contributed by atoms with van der Waals surface area (Å²) in [6, 6.07) is 7.50. The van der Waals surface area contributed by atoms with Crippen LogP contribution in [-0.2, 0) is 0 Å². The van der Waals surface area contributed by atoms with Crippen LogP contribution in [0.2, 0.25) is 0 Å². The fraction of sp³-hybridized carbons (Fsp3) is 0.167. The molecule has 0 bridgehead atoms. The van der Waals surface area contributed by atoms with E-state index in [0.717, 1.165) is 5.56 Å². The van der Waals surface area contributed by atoms with Gasteiger partial charge in [-0.15, -0.1) is 0 Å². The van der Waals surface area contributed by atoms with Crippen LogP contribution in [-0.4, -0.2) is 24.2 Å². The molecule has 1 aromatic carbocycles. The number of methoxy groups -OCH3 is 2. The van der Waals surface area contributed by atoms with Gasteiger partial charge in [-0.25, -0.2) is 9.97 Å². The van der Waals surface area contributed by atoms with Crippen molar-refractivity contribution in [2.75, 3.05) is 20.0 Å². The summed E-state index contributed by atoms with van der Waals surface area (Å²) >= 11 is 0. The molecule has 0 saturated heterocycles. The van der Waals surface area contributed by atoms with E-state index in [9.17, 15) is 0 Å². The van der Waals surface area contributed by atoms with E-state index in [1.165, 1.54) is 7.11 Å². The summed E-state index contributed by atoms with van der Waals surface area (Å²) in [5, 5.41) is 0. The third-order valence-corrected chi connectivity index (χ3v) is 2.35. The second kappa shape index (κ2) is 4.69. The Bertz CT molecular complexity index is 529. The third kappa shape index (κ3) is 2.13. The molecule has 0 atom stereocenters. The molecule has 1 heterocycles. The molecule has 1 aromatic heterocycles. The van der Waals surface area contributed by atoms with Crippen LogP contribution in [0.3, 0.4) is 0 Å². The summed E-state index contributed by atoms with van der Waals surface area (Å²) in [5.41, 5.74) is 6.54. The highest BCUT2D eigenvalue weighted by Crippen LogP contribution is 2.28. The van der Waals surface area contributed by atoms with Gasteiger partial charge in [0.1, 0.15) is 5.75 Å². The molecule has 2 rings (SSSR count). The molecule has 0 radical (unpaired) electrons. The van der Waals surface area contributed by atoms with Gasteiger partial charge in [-0.3, -0.25) is 0 Å². The third-order valence-electron chi connectivity index (χ3n) is 2.35. The van der Waals surface area contributed by atoms with Gasteiger partial charge in [-0.05, 0) is 12.1 Å². The molecular formula is C12H13N3O2. The van der Waals surface area contributed by atoms with Crippen LogP contribution in [0.1, 0.15) is 0 Å². The SMILES string of the molecule is COc1ccccc1-c1ncc(OC)c(N)n1. The Labute approximate surface area is 99.2 Å². The minimum absolute atomic E-state index is 0.309. The van der Waals surface area contributed by atoms with Crippen LogP contribution in [0.5, 0.6) is 11.5 Å². The first-order valence-corrected chi connectivity index (χ1v) is 5.06. The van der Waals surface area contributed by atoms with Gasteiger partial charge in [0.25, 0.3) is 0 Å².